The number of benzene rings is 1. The van der Waals surface area contributed by atoms with Crippen LogP contribution in [0.25, 0.3) is 0 Å². The second-order valence-corrected chi connectivity index (χ2v) is 5.37. The van der Waals surface area contributed by atoms with E-state index in [1.807, 2.05) is 22.6 Å². The van der Waals surface area contributed by atoms with Gasteiger partial charge in [-0.2, -0.15) is 0 Å². The highest BCUT2D eigenvalue weighted by Crippen LogP contribution is 2.22. The van der Waals surface area contributed by atoms with Crippen molar-refractivity contribution in [2.75, 3.05) is 5.73 Å². The van der Waals surface area contributed by atoms with Crippen LogP contribution >= 0.6 is 34.2 Å². The molecule has 4 nitrogen and oxygen atoms in total. The van der Waals surface area contributed by atoms with Crippen LogP contribution in [0.15, 0.2) is 29.3 Å². The summed E-state index contributed by atoms with van der Waals surface area (Å²) >= 11 is 8.08. The van der Waals surface area contributed by atoms with Crippen LogP contribution in [-0.2, 0) is 6.54 Å². The van der Waals surface area contributed by atoms with Gasteiger partial charge in [0.15, 0.2) is 0 Å². The van der Waals surface area contributed by atoms with Gasteiger partial charge in [-0.15, -0.1) is 0 Å². The van der Waals surface area contributed by atoms with Crippen LogP contribution in [0.2, 0.25) is 5.02 Å². The van der Waals surface area contributed by atoms with Crippen LogP contribution in [0.4, 0.5) is 5.69 Å². The number of halogens is 2. The van der Waals surface area contributed by atoms with Gasteiger partial charge in [-0.25, -0.2) is 4.98 Å². The largest absolute Gasteiger partial charge is 0.398 e. The SMILES string of the molecule is Cc1ncn(Cc2c(N)cccc2Cl)c(=O)c1I. The van der Waals surface area contributed by atoms with Crippen LogP contribution in [0.5, 0.6) is 0 Å². The van der Waals surface area contributed by atoms with Crippen LogP contribution in [0, 0.1) is 10.5 Å². The minimum absolute atomic E-state index is 0.0811. The normalized spacial score (nSPS) is 10.6. The van der Waals surface area contributed by atoms with E-state index in [9.17, 15) is 4.79 Å². The standard InChI is InChI=1S/C12H11ClIN3O/c1-7-11(14)12(18)17(6-16-7)5-8-9(13)3-2-4-10(8)15/h2-4,6H,5,15H2,1H3. The van der Waals surface area contributed by atoms with Crippen molar-refractivity contribution in [3.05, 3.63) is 54.7 Å². The van der Waals surface area contributed by atoms with E-state index in [1.54, 1.807) is 25.1 Å². The molecule has 1 aromatic carbocycles. The predicted molar refractivity (Wildman–Crippen MR) is 80.9 cm³/mol. The van der Waals surface area contributed by atoms with Crippen molar-refractivity contribution in [1.82, 2.24) is 9.55 Å². The molecule has 6 heteroatoms. The van der Waals surface area contributed by atoms with Gasteiger partial charge in [0.05, 0.1) is 22.1 Å². The molecular weight excluding hydrogens is 365 g/mol. The number of anilines is 1. The number of nitrogens with zero attached hydrogens (tertiary/aromatic N) is 2. The number of rotatable bonds is 2. The van der Waals surface area contributed by atoms with Crippen LogP contribution in [0.3, 0.4) is 0 Å². The molecule has 94 valence electrons. The number of nitrogen functional groups attached to an aromatic ring is 1. The van der Waals surface area contributed by atoms with E-state index < -0.39 is 0 Å². The molecule has 1 heterocycles. The lowest BCUT2D eigenvalue weighted by Crippen LogP contribution is -2.25. The number of hydrogen-bond donors (Lipinski definition) is 1. The maximum Gasteiger partial charge on any atom is 0.267 e. The average molecular weight is 376 g/mol. The Bertz CT molecular complexity index is 634. The average Bonchev–Trinajstić information content (AvgIpc) is 2.34. The van der Waals surface area contributed by atoms with E-state index in [-0.39, 0.29) is 5.56 Å². The molecule has 0 saturated heterocycles. The summed E-state index contributed by atoms with van der Waals surface area (Å²) in [6.45, 7) is 2.13. The molecule has 0 fully saturated rings. The van der Waals surface area contributed by atoms with Crippen LogP contribution in [-0.4, -0.2) is 9.55 Å². The minimum atomic E-state index is -0.0811. The fourth-order valence-electron chi connectivity index (χ4n) is 1.57. The Kier molecular flexibility index (Phi) is 3.91. The first-order valence-corrected chi connectivity index (χ1v) is 6.70. The maximum absolute atomic E-state index is 12.0. The predicted octanol–water partition coefficient (Wildman–Crippen LogP) is 2.44. The molecular formula is C12H11ClIN3O. The Balaban J connectivity index is 2.47. The van der Waals surface area contributed by atoms with Gasteiger partial charge >= 0.3 is 0 Å². The third kappa shape index (κ3) is 2.51. The lowest BCUT2D eigenvalue weighted by atomic mass is 10.2. The Labute approximate surface area is 123 Å². The molecule has 0 bridgehead atoms. The first kappa shape index (κ1) is 13.4. The monoisotopic (exact) mass is 375 g/mol. The molecule has 0 saturated carbocycles. The third-order valence-electron chi connectivity index (χ3n) is 2.64. The minimum Gasteiger partial charge on any atom is -0.398 e. The Hall–Kier alpha value is -1.08. The van der Waals surface area contributed by atoms with E-state index in [2.05, 4.69) is 4.98 Å². The summed E-state index contributed by atoms with van der Waals surface area (Å²) in [4.78, 5) is 16.2. The van der Waals surface area contributed by atoms with Gasteiger partial charge in [-0.05, 0) is 41.6 Å². The molecule has 1 aromatic heterocycles. The highest BCUT2D eigenvalue weighted by Gasteiger charge is 2.09. The summed E-state index contributed by atoms with van der Waals surface area (Å²) in [5, 5.41) is 0.553. The van der Waals surface area contributed by atoms with Crippen molar-refractivity contribution in [3.8, 4) is 0 Å². The number of nitrogens with two attached hydrogens (primary N) is 1. The molecule has 0 radical (unpaired) electrons. The van der Waals surface area contributed by atoms with E-state index in [0.29, 0.717) is 20.8 Å². The molecule has 18 heavy (non-hydrogen) atoms. The first-order chi connectivity index (χ1) is 8.50. The second-order valence-electron chi connectivity index (χ2n) is 3.88. The zero-order chi connectivity index (χ0) is 13.3. The smallest absolute Gasteiger partial charge is 0.267 e. The van der Waals surface area contributed by atoms with Gasteiger partial charge in [-0.3, -0.25) is 9.36 Å². The van der Waals surface area contributed by atoms with Crippen molar-refractivity contribution in [2.24, 2.45) is 0 Å². The summed E-state index contributed by atoms with van der Waals surface area (Å²) < 4.78 is 2.12. The molecule has 0 unspecified atom stereocenters. The van der Waals surface area contributed by atoms with Crippen molar-refractivity contribution < 1.29 is 0 Å². The Morgan fingerprint density at radius 1 is 1.50 bits per heavy atom. The molecule has 2 aromatic rings. The zero-order valence-corrected chi connectivity index (χ0v) is 12.6. The van der Waals surface area contributed by atoms with Gasteiger partial charge in [-0.1, -0.05) is 17.7 Å². The highest BCUT2D eigenvalue weighted by molar-refractivity contribution is 14.1. The number of aromatic nitrogens is 2. The molecule has 2 rings (SSSR count). The fourth-order valence-corrected chi connectivity index (χ4v) is 2.26. The van der Waals surface area contributed by atoms with E-state index in [1.165, 1.54) is 10.9 Å². The molecule has 0 amide bonds. The Morgan fingerprint density at radius 3 is 2.89 bits per heavy atom. The number of aryl methyl sites for hydroxylation is 1. The number of hydrogen-bond acceptors (Lipinski definition) is 3. The Morgan fingerprint density at radius 2 is 2.22 bits per heavy atom. The molecule has 2 N–H and O–H groups in total. The molecule has 0 aliphatic carbocycles. The fraction of sp³-hybridized carbons (Fsp3) is 0.167. The maximum atomic E-state index is 12.0. The lowest BCUT2D eigenvalue weighted by molar-refractivity contribution is 0.725. The van der Waals surface area contributed by atoms with Crippen molar-refractivity contribution in [2.45, 2.75) is 13.5 Å². The second kappa shape index (κ2) is 5.27. The quantitative estimate of drug-likeness (QED) is 0.648. The summed E-state index contributed by atoms with van der Waals surface area (Å²) in [5.41, 5.74) is 7.82. The van der Waals surface area contributed by atoms with Gasteiger partial charge in [0.1, 0.15) is 0 Å². The molecule has 0 atom stereocenters. The first-order valence-electron chi connectivity index (χ1n) is 5.25. The summed E-state index contributed by atoms with van der Waals surface area (Å²) in [7, 11) is 0. The van der Waals surface area contributed by atoms with Crippen LogP contribution in [0.1, 0.15) is 11.3 Å². The van der Waals surface area contributed by atoms with E-state index in [4.69, 9.17) is 17.3 Å². The molecule has 0 aliphatic rings. The summed E-state index contributed by atoms with van der Waals surface area (Å²) in [6.07, 6.45) is 1.52. The zero-order valence-electron chi connectivity index (χ0n) is 9.65. The van der Waals surface area contributed by atoms with E-state index in [0.717, 1.165) is 11.3 Å². The van der Waals surface area contributed by atoms with Gasteiger partial charge in [0.2, 0.25) is 0 Å². The lowest BCUT2D eigenvalue weighted by Gasteiger charge is -2.10. The van der Waals surface area contributed by atoms with E-state index >= 15 is 0 Å². The molecule has 0 spiro atoms. The third-order valence-corrected chi connectivity index (χ3v) is 4.24. The van der Waals surface area contributed by atoms with Gasteiger partial charge in [0.25, 0.3) is 5.56 Å². The van der Waals surface area contributed by atoms with Gasteiger partial charge < -0.3 is 5.73 Å². The van der Waals surface area contributed by atoms with Crippen LogP contribution < -0.4 is 11.3 Å². The van der Waals surface area contributed by atoms with Crippen molar-refractivity contribution in [3.63, 3.8) is 0 Å². The topological polar surface area (TPSA) is 60.9 Å². The van der Waals surface area contributed by atoms with Crippen molar-refractivity contribution >= 4 is 39.9 Å². The molecule has 0 aliphatic heterocycles. The highest BCUT2D eigenvalue weighted by atomic mass is 127. The summed E-state index contributed by atoms with van der Waals surface area (Å²) in [5.74, 6) is 0. The van der Waals surface area contributed by atoms with Crippen molar-refractivity contribution in [1.29, 1.82) is 0 Å². The van der Waals surface area contributed by atoms with Gasteiger partial charge in [0, 0.05) is 16.3 Å². The summed E-state index contributed by atoms with van der Waals surface area (Å²) in [6, 6.07) is 5.30.